The molecule has 0 spiro atoms. The molecule has 1 rings (SSSR count). The van der Waals surface area contributed by atoms with E-state index in [1.54, 1.807) is 6.92 Å². The van der Waals surface area contributed by atoms with E-state index < -0.39 is 35.4 Å². The van der Waals surface area contributed by atoms with Gasteiger partial charge in [-0.1, -0.05) is 13.3 Å². The van der Waals surface area contributed by atoms with Crippen molar-refractivity contribution in [3.8, 4) is 0 Å². The van der Waals surface area contributed by atoms with Gasteiger partial charge in [-0.15, -0.1) is 0 Å². The Morgan fingerprint density at radius 3 is 2.60 bits per heavy atom. The Hall–Kier alpha value is -2.12. The predicted octanol–water partition coefficient (Wildman–Crippen LogP) is 2.08. The molecule has 0 aliphatic carbocycles. The van der Waals surface area contributed by atoms with Gasteiger partial charge >= 0.3 is 12.1 Å². The van der Waals surface area contributed by atoms with Crippen molar-refractivity contribution in [1.82, 2.24) is 10.3 Å². The van der Waals surface area contributed by atoms with Gasteiger partial charge in [0.2, 0.25) is 0 Å². The number of nitrogens with one attached hydrogen (secondary N) is 1. The van der Waals surface area contributed by atoms with E-state index in [0.29, 0.717) is 6.42 Å². The number of carboxylic acid groups (broad SMARTS) is 1. The largest absolute Gasteiger partial charge is 0.480 e. The normalized spacial score (nSPS) is 12.8. The van der Waals surface area contributed by atoms with Crippen molar-refractivity contribution in [2.24, 2.45) is 0 Å². The van der Waals surface area contributed by atoms with Crippen molar-refractivity contribution in [2.45, 2.75) is 32.0 Å². The molecule has 1 atom stereocenters. The van der Waals surface area contributed by atoms with Crippen molar-refractivity contribution in [2.75, 3.05) is 0 Å². The number of amides is 1. The average molecular weight is 290 g/mol. The number of carbonyl (C=O) groups excluding carboxylic acids is 1. The van der Waals surface area contributed by atoms with Crippen LogP contribution in [0.2, 0.25) is 0 Å². The van der Waals surface area contributed by atoms with E-state index in [0.717, 1.165) is 18.3 Å². The van der Waals surface area contributed by atoms with Gasteiger partial charge in [-0.2, -0.15) is 13.2 Å². The van der Waals surface area contributed by atoms with Gasteiger partial charge in [-0.25, -0.2) is 4.79 Å². The molecule has 0 aromatic carbocycles. The van der Waals surface area contributed by atoms with E-state index in [9.17, 15) is 22.8 Å². The summed E-state index contributed by atoms with van der Waals surface area (Å²) in [5.41, 5.74) is -2.03. The highest BCUT2D eigenvalue weighted by Gasteiger charge is 2.36. The smallest absolute Gasteiger partial charge is 0.418 e. The third-order valence-corrected chi connectivity index (χ3v) is 2.51. The van der Waals surface area contributed by atoms with Crippen LogP contribution in [-0.4, -0.2) is 28.0 Å². The maximum absolute atomic E-state index is 12.7. The summed E-state index contributed by atoms with van der Waals surface area (Å²) in [5.74, 6) is -2.46. The van der Waals surface area contributed by atoms with Crippen LogP contribution >= 0.6 is 0 Å². The van der Waals surface area contributed by atoms with Crippen LogP contribution in [0, 0.1) is 0 Å². The molecule has 0 radical (unpaired) electrons. The number of alkyl halides is 3. The number of nitrogens with zero attached hydrogens (tertiary/aromatic N) is 1. The molecule has 8 heteroatoms. The van der Waals surface area contributed by atoms with Crippen LogP contribution < -0.4 is 5.32 Å². The minimum atomic E-state index is -4.73. The molecule has 0 aliphatic rings. The standard InChI is InChI=1S/C12H13F3N2O3/c1-2-4-8(11(19)20)17-10(18)9-7(12(13,14)15)5-3-6-16-9/h3,5-6,8H,2,4H2,1H3,(H,17,18)(H,19,20). The van der Waals surface area contributed by atoms with Crippen molar-refractivity contribution >= 4 is 11.9 Å². The van der Waals surface area contributed by atoms with Crippen molar-refractivity contribution < 1.29 is 27.9 Å². The number of aromatic nitrogens is 1. The quantitative estimate of drug-likeness (QED) is 0.870. The van der Waals surface area contributed by atoms with Crippen molar-refractivity contribution in [3.63, 3.8) is 0 Å². The second-order valence-electron chi connectivity index (χ2n) is 4.05. The zero-order valence-electron chi connectivity index (χ0n) is 10.6. The van der Waals surface area contributed by atoms with Gasteiger partial charge in [0.25, 0.3) is 5.91 Å². The highest BCUT2D eigenvalue weighted by molar-refractivity contribution is 5.96. The number of carboxylic acids is 1. The second-order valence-corrected chi connectivity index (χ2v) is 4.05. The number of hydrogen-bond donors (Lipinski definition) is 2. The number of rotatable bonds is 5. The molecular weight excluding hydrogens is 277 g/mol. The van der Waals surface area contributed by atoms with Crippen LogP contribution in [-0.2, 0) is 11.0 Å². The molecule has 2 N–H and O–H groups in total. The summed E-state index contributed by atoms with van der Waals surface area (Å²) < 4.78 is 38.1. The van der Waals surface area contributed by atoms with Gasteiger partial charge < -0.3 is 10.4 Å². The zero-order chi connectivity index (χ0) is 15.3. The molecule has 1 aromatic heterocycles. The van der Waals surface area contributed by atoms with E-state index in [1.807, 2.05) is 5.32 Å². The number of pyridine rings is 1. The van der Waals surface area contributed by atoms with Gasteiger partial charge in [0.15, 0.2) is 0 Å². The number of hydrogen-bond acceptors (Lipinski definition) is 3. The summed E-state index contributed by atoms with van der Waals surface area (Å²) in [5, 5.41) is 10.9. The first-order chi connectivity index (χ1) is 9.27. The summed E-state index contributed by atoms with van der Waals surface area (Å²) >= 11 is 0. The lowest BCUT2D eigenvalue weighted by molar-refractivity contribution is -0.139. The summed E-state index contributed by atoms with van der Waals surface area (Å²) in [7, 11) is 0. The predicted molar refractivity (Wildman–Crippen MR) is 63.0 cm³/mol. The van der Waals surface area contributed by atoms with Crippen LogP contribution in [0.15, 0.2) is 18.3 Å². The second kappa shape index (κ2) is 6.36. The average Bonchev–Trinajstić information content (AvgIpc) is 2.37. The van der Waals surface area contributed by atoms with E-state index in [4.69, 9.17) is 5.11 Å². The van der Waals surface area contributed by atoms with Gasteiger partial charge in [0.05, 0.1) is 5.56 Å². The zero-order valence-corrected chi connectivity index (χ0v) is 10.6. The first-order valence-electron chi connectivity index (χ1n) is 5.83. The molecule has 0 fully saturated rings. The van der Waals surface area contributed by atoms with E-state index >= 15 is 0 Å². The van der Waals surface area contributed by atoms with E-state index in [2.05, 4.69) is 4.98 Å². The lowest BCUT2D eigenvalue weighted by Gasteiger charge is -2.15. The van der Waals surface area contributed by atoms with Gasteiger partial charge in [-0.3, -0.25) is 9.78 Å². The molecule has 0 aliphatic heterocycles. The third-order valence-electron chi connectivity index (χ3n) is 2.51. The molecule has 1 unspecified atom stereocenters. The van der Waals surface area contributed by atoms with Crippen LogP contribution in [0.4, 0.5) is 13.2 Å². The molecule has 110 valence electrons. The number of carbonyl (C=O) groups is 2. The number of aliphatic carboxylic acids is 1. The Balaban J connectivity index is 3.01. The summed E-state index contributed by atoms with van der Waals surface area (Å²) in [6.07, 6.45) is -3.11. The maximum atomic E-state index is 12.7. The molecule has 1 amide bonds. The molecule has 0 saturated heterocycles. The fraction of sp³-hybridized carbons (Fsp3) is 0.417. The van der Waals surface area contributed by atoms with E-state index in [1.165, 1.54) is 0 Å². The SMILES string of the molecule is CCCC(NC(=O)c1ncccc1C(F)(F)F)C(=O)O. The fourth-order valence-electron chi connectivity index (χ4n) is 1.59. The summed E-state index contributed by atoms with van der Waals surface area (Å²) in [6.45, 7) is 1.70. The first kappa shape index (κ1) is 15.9. The lowest BCUT2D eigenvalue weighted by atomic mass is 10.1. The Kier molecular flexibility index (Phi) is 5.06. The van der Waals surface area contributed by atoms with Gasteiger partial charge in [-0.05, 0) is 18.6 Å². The summed E-state index contributed by atoms with van der Waals surface area (Å²) in [6, 6.07) is 0.535. The van der Waals surface area contributed by atoms with Crippen LogP contribution in [0.25, 0.3) is 0 Å². The van der Waals surface area contributed by atoms with Crippen LogP contribution in [0.5, 0.6) is 0 Å². The molecular formula is C12H13F3N2O3. The molecule has 5 nitrogen and oxygen atoms in total. The fourth-order valence-corrected chi connectivity index (χ4v) is 1.59. The maximum Gasteiger partial charge on any atom is 0.418 e. The lowest BCUT2D eigenvalue weighted by Crippen LogP contribution is -2.41. The van der Waals surface area contributed by atoms with Gasteiger partial charge in [0, 0.05) is 6.20 Å². The summed E-state index contributed by atoms with van der Waals surface area (Å²) in [4.78, 5) is 26.0. The minimum Gasteiger partial charge on any atom is -0.480 e. The van der Waals surface area contributed by atoms with Crippen LogP contribution in [0.1, 0.15) is 35.8 Å². The minimum absolute atomic E-state index is 0.120. The Bertz CT molecular complexity index is 503. The molecule has 1 heterocycles. The molecule has 0 bridgehead atoms. The Morgan fingerprint density at radius 2 is 2.10 bits per heavy atom. The Labute approximate surface area is 112 Å². The number of halogens is 3. The first-order valence-corrected chi connectivity index (χ1v) is 5.83. The third kappa shape index (κ3) is 3.94. The van der Waals surface area contributed by atoms with Gasteiger partial charge in [0.1, 0.15) is 11.7 Å². The van der Waals surface area contributed by atoms with Crippen LogP contribution in [0.3, 0.4) is 0 Å². The highest BCUT2D eigenvalue weighted by Crippen LogP contribution is 2.30. The monoisotopic (exact) mass is 290 g/mol. The van der Waals surface area contributed by atoms with Crippen molar-refractivity contribution in [3.05, 3.63) is 29.6 Å². The van der Waals surface area contributed by atoms with E-state index in [-0.39, 0.29) is 6.42 Å². The molecule has 0 saturated carbocycles. The Morgan fingerprint density at radius 1 is 1.45 bits per heavy atom. The molecule has 20 heavy (non-hydrogen) atoms. The van der Waals surface area contributed by atoms with Crippen molar-refractivity contribution in [1.29, 1.82) is 0 Å². The highest BCUT2D eigenvalue weighted by atomic mass is 19.4. The topological polar surface area (TPSA) is 79.3 Å². The molecule has 1 aromatic rings.